The van der Waals surface area contributed by atoms with Gasteiger partial charge in [-0.25, -0.2) is 0 Å². The largest absolute Gasteiger partial charge is 0.497 e. The van der Waals surface area contributed by atoms with Crippen molar-refractivity contribution in [3.8, 4) is 11.5 Å². The summed E-state index contributed by atoms with van der Waals surface area (Å²) in [6.07, 6.45) is 0. The highest BCUT2D eigenvalue weighted by Crippen LogP contribution is 2.24. The number of methoxy groups -OCH3 is 2. The van der Waals surface area contributed by atoms with Crippen LogP contribution < -0.4 is 14.8 Å². The zero-order valence-corrected chi connectivity index (χ0v) is 10.3. The van der Waals surface area contributed by atoms with Crippen LogP contribution in [0, 0.1) is 0 Å². The van der Waals surface area contributed by atoms with Crippen molar-refractivity contribution in [1.29, 1.82) is 0 Å². The average Bonchev–Trinajstić information content (AvgIpc) is 2.38. The molecule has 1 rings (SSSR count). The Morgan fingerprint density at radius 3 is 2.71 bits per heavy atom. The van der Waals surface area contributed by atoms with Gasteiger partial charge in [-0.05, 0) is 11.6 Å². The van der Waals surface area contributed by atoms with Crippen LogP contribution in [0.5, 0.6) is 11.5 Å². The van der Waals surface area contributed by atoms with Gasteiger partial charge < -0.3 is 19.9 Å². The van der Waals surface area contributed by atoms with Crippen LogP contribution in [0.25, 0.3) is 0 Å². The Balaban J connectivity index is 2.61. The molecular formula is C13H19NO3. The van der Waals surface area contributed by atoms with E-state index in [9.17, 15) is 0 Å². The molecule has 0 aliphatic carbocycles. The van der Waals surface area contributed by atoms with Gasteiger partial charge >= 0.3 is 0 Å². The molecule has 2 N–H and O–H groups in total. The van der Waals surface area contributed by atoms with Crippen LogP contribution >= 0.6 is 0 Å². The Morgan fingerprint density at radius 1 is 1.35 bits per heavy atom. The van der Waals surface area contributed by atoms with Crippen molar-refractivity contribution in [2.24, 2.45) is 0 Å². The second kappa shape index (κ2) is 6.93. The number of rotatable bonds is 7. The van der Waals surface area contributed by atoms with E-state index in [1.807, 2.05) is 18.2 Å². The second-order valence-electron chi connectivity index (χ2n) is 3.69. The molecule has 0 saturated carbocycles. The fourth-order valence-corrected chi connectivity index (χ4v) is 1.43. The maximum atomic E-state index is 8.82. The van der Waals surface area contributed by atoms with E-state index in [2.05, 4.69) is 11.9 Å². The van der Waals surface area contributed by atoms with Gasteiger partial charge in [0.15, 0.2) is 0 Å². The molecule has 17 heavy (non-hydrogen) atoms. The molecule has 1 aromatic carbocycles. The van der Waals surface area contributed by atoms with E-state index in [1.165, 1.54) is 0 Å². The molecule has 94 valence electrons. The van der Waals surface area contributed by atoms with Gasteiger partial charge in [-0.3, -0.25) is 0 Å². The van der Waals surface area contributed by atoms with Crippen LogP contribution in [0.4, 0.5) is 0 Å². The molecule has 0 aromatic heterocycles. The molecule has 0 radical (unpaired) electrons. The van der Waals surface area contributed by atoms with Gasteiger partial charge in [0.25, 0.3) is 0 Å². The maximum Gasteiger partial charge on any atom is 0.127 e. The first-order valence-electron chi connectivity index (χ1n) is 5.40. The number of aliphatic hydroxyl groups is 1. The van der Waals surface area contributed by atoms with Crippen LogP contribution in [0.3, 0.4) is 0 Å². The zero-order chi connectivity index (χ0) is 12.7. The first-order chi connectivity index (χ1) is 8.21. The summed E-state index contributed by atoms with van der Waals surface area (Å²) in [5, 5.41) is 12.0. The first kappa shape index (κ1) is 13.5. The summed E-state index contributed by atoms with van der Waals surface area (Å²) in [5.41, 5.74) is 1.80. The minimum absolute atomic E-state index is 0.00669. The molecule has 0 bridgehead atoms. The van der Waals surface area contributed by atoms with Gasteiger partial charge in [-0.2, -0.15) is 0 Å². The third-order valence-corrected chi connectivity index (χ3v) is 2.41. The van der Waals surface area contributed by atoms with Crippen molar-refractivity contribution in [3.63, 3.8) is 0 Å². The van der Waals surface area contributed by atoms with Gasteiger partial charge in [-0.15, -0.1) is 0 Å². The van der Waals surface area contributed by atoms with Crippen molar-refractivity contribution in [1.82, 2.24) is 5.32 Å². The summed E-state index contributed by atoms with van der Waals surface area (Å²) in [5.74, 6) is 1.55. The van der Waals surface area contributed by atoms with Crippen molar-refractivity contribution >= 4 is 0 Å². The Labute approximate surface area is 102 Å². The predicted molar refractivity (Wildman–Crippen MR) is 67.5 cm³/mol. The van der Waals surface area contributed by atoms with E-state index in [-0.39, 0.29) is 6.61 Å². The SMILES string of the molecule is C=C(CO)CNCc1ccc(OC)cc1OC. The highest BCUT2D eigenvalue weighted by atomic mass is 16.5. The third-order valence-electron chi connectivity index (χ3n) is 2.41. The van der Waals surface area contributed by atoms with E-state index < -0.39 is 0 Å². The molecule has 0 aliphatic rings. The molecule has 0 fully saturated rings. The van der Waals surface area contributed by atoms with Crippen LogP contribution in [0.2, 0.25) is 0 Å². The number of aliphatic hydroxyl groups excluding tert-OH is 1. The lowest BCUT2D eigenvalue weighted by molar-refractivity contribution is 0.327. The molecule has 4 heteroatoms. The monoisotopic (exact) mass is 237 g/mol. The number of hydrogen-bond acceptors (Lipinski definition) is 4. The fraction of sp³-hybridized carbons (Fsp3) is 0.385. The molecule has 0 amide bonds. The average molecular weight is 237 g/mol. The Morgan fingerprint density at radius 2 is 2.12 bits per heavy atom. The summed E-state index contributed by atoms with van der Waals surface area (Å²) in [4.78, 5) is 0. The van der Waals surface area contributed by atoms with Gasteiger partial charge in [0, 0.05) is 24.7 Å². The topological polar surface area (TPSA) is 50.7 Å². The minimum atomic E-state index is 0.00669. The molecule has 1 aromatic rings. The van der Waals surface area contributed by atoms with Gasteiger partial charge in [0.2, 0.25) is 0 Å². The van der Waals surface area contributed by atoms with E-state index in [0.29, 0.717) is 13.1 Å². The number of ether oxygens (including phenoxy) is 2. The van der Waals surface area contributed by atoms with Gasteiger partial charge in [0.1, 0.15) is 11.5 Å². The van der Waals surface area contributed by atoms with Crippen molar-refractivity contribution < 1.29 is 14.6 Å². The standard InChI is InChI=1S/C13H19NO3/c1-10(9-15)7-14-8-11-4-5-12(16-2)6-13(11)17-3/h4-6,14-15H,1,7-9H2,2-3H3. The summed E-state index contributed by atoms with van der Waals surface area (Å²) >= 11 is 0. The fourth-order valence-electron chi connectivity index (χ4n) is 1.43. The van der Waals surface area contributed by atoms with Crippen molar-refractivity contribution in [2.75, 3.05) is 27.4 Å². The van der Waals surface area contributed by atoms with Crippen molar-refractivity contribution in [2.45, 2.75) is 6.54 Å². The predicted octanol–water partition coefficient (Wildman–Crippen LogP) is 1.34. The lowest BCUT2D eigenvalue weighted by atomic mass is 10.2. The van der Waals surface area contributed by atoms with Crippen molar-refractivity contribution in [3.05, 3.63) is 35.9 Å². The van der Waals surface area contributed by atoms with Crippen LogP contribution in [-0.4, -0.2) is 32.5 Å². The lowest BCUT2D eigenvalue weighted by Gasteiger charge is -2.11. The van der Waals surface area contributed by atoms with Gasteiger partial charge in [0.05, 0.1) is 20.8 Å². The summed E-state index contributed by atoms with van der Waals surface area (Å²) in [7, 11) is 3.25. The summed E-state index contributed by atoms with van der Waals surface area (Å²) in [6.45, 7) is 4.97. The van der Waals surface area contributed by atoms with Crippen LogP contribution in [0.15, 0.2) is 30.4 Å². The summed E-state index contributed by atoms with van der Waals surface area (Å²) in [6, 6.07) is 5.69. The molecule has 4 nitrogen and oxygen atoms in total. The quantitative estimate of drug-likeness (QED) is 0.703. The normalized spacial score (nSPS) is 10.1. The summed E-state index contributed by atoms with van der Waals surface area (Å²) < 4.78 is 10.4. The molecule has 0 saturated heterocycles. The highest BCUT2D eigenvalue weighted by Gasteiger charge is 2.04. The molecule has 0 spiro atoms. The maximum absolute atomic E-state index is 8.82. The molecule has 0 heterocycles. The van der Waals surface area contributed by atoms with Crippen LogP contribution in [-0.2, 0) is 6.54 Å². The molecular weight excluding hydrogens is 218 g/mol. The molecule has 0 aliphatic heterocycles. The molecule has 0 atom stereocenters. The highest BCUT2D eigenvalue weighted by molar-refractivity contribution is 5.40. The van der Waals surface area contributed by atoms with E-state index >= 15 is 0 Å². The number of nitrogens with one attached hydrogen (secondary N) is 1. The smallest absolute Gasteiger partial charge is 0.127 e. The number of benzene rings is 1. The zero-order valence-electron chi connectivity index (χ0n) is 10.3. The number of hydrogen-bond donors (Lipinski definition) is 2. The Bertz CT molecular complexity index is 377. The molecule has 0 unspecified atom stereocenters. The minimum Gasteiger partial charge on any atom is -0.497 e. The first-order valence-corrected chi connectivity index (χ1v) is 5.40. The van der Waals surface area contributed by atoms with Gasteiger partial charge in [-0.1, -0.05) is 12.6 Å². The second-order valence-corrected chi connectivity index (χ2v) is 3.69. The van der Waals surface area contributed by atoms with E-state index in [4.69, 9.17) is 14.6 Å². The lowest BCUT2D eigenvalue weighted by Crippen LogP contribution is -2.18. The third kappa shape index (κ3) is 4.09. The van der Waals surface area contributed by atoms with E-state index in [0.717, 1.165) is 22.6 Å². The van der Waals surface area contributed by atoms with Crippen LogP contribution in [0.1, 0.15) is 5.56 Å². The Kier molecular flexibility index (Phi) is 5.52. The Hall–Kier alpha value is -1.52. The van der Waals surface area contributed by atoms with E-state index in [1.54, 1.807) is 14.2 Å².